The minimum Gasteiger partial charge on any atom is -0.463 e. The van der Waals surface area contributed by atoms with E-state index in [0.29, 0.717) is 6.61 Å². The minimum atomic E-state index is -0.433. The smallest absolute Gasteiger partial charge is 0.323 e. The molecule has 0 saturated heterocycles. The summed E-state index contributed by atoms with van der Waals surface area (Å²) in [6.07, 6.45) is 0.806. The molecule has 1 aromatic carbocycles. The van der Waals surface area contributed by atoms with E-state index in [4.69, 9.17) is 10.6 Å². The van der Waals surface area contributed by atoms with Crippen molar-refractivity contribution >= 4 is 33.5 Å². The quantitative estimate of drug-likeness (QED) is 0.540. The van der Waals surface area contributed by atoms with Crippen molar-refractivity contribution in [3.63, 3.8) is 0 Å². The summed E-state index contributed by atoms with van der Waals surface area (Å²) in [5.41, 5.74) is 2.53. The molecule has 0 atom stereocenters. The van der Waals surface area contributed by atoms with E-state index in [1.165, 1.54) is 6.07 Å². The van der Waals surface area contributed by atoms with Crippen LogP contribution in [0.3, 0.4) is 0 Å². The van der Waals surface area contributed by atoms with Crippen LogP contribution in [0.4, 0.5) is 22.0 Å². The maximum atomic E-state index is 13.7. The molecule has 0 aliphatic rings. The molecule has 0 amide bonds. The Morgan fingerprint density at radius 3 is 2.76 bits per heavy atom. The maximum absolute atomic E-state index is 13.7. The third kappa shape index (κ3) is 4.23. The van der Waals surface area contributed by atoms with E-state index >= 15 is 0 Å². The van der Waals surface area contributed by atoms with Gasteiger partial charge in [0.15, 0.2) is 0 Å². The van der Waals surface area contributed by atoms with Gasteiger partial charge in [0.1, 0.15) is 5.82 Å². The van der Waals surface area contributed by atoms with Gasteiger partial charge >= 0.3 is 6.01 Å². The van der Waals surface area contributed by atoms with Crippen LogP contribution in [0, 0.1) is 5.82 Å². The second-order valence-corrected chi connectivity index (χ2v) is 4.92. The van der Waals surface area contributed by atoms with Gasteiger partial charge in [0.2, 0.25) is 11.9 Å². The monoisotopic (exact) mass is 356 g/mol. The number of nitrogen functional groups attached to an aromatic ring is 1. The number of ether oxygens (including phenoxy) is 1. The Kier molecular flexibility index (Phi) is 5.23. The van der Waals surface area contributed by atoms with Crippen LogP contribution in [0.25, 0.3) is 0 Å². The predicted octanol–water partition coefficient (Wildman–Crippen LogP) is 2.59. The summed E-state index contributed by atoms with van der Waals surface area (Å²) in [6, 6.07) is 4.60. The molecule has 112 valence electrons. The van der Waals surface area contributed by atoms with Gasteiger partial charge in [-0.05, 0) is 24.6 Å². The second kappa shape index (κ2) is 7.14. The number of aromatic nitrogens is 3. The van der Waals surface area contributed by atoms with Gasteiger partial charge in [-0.25, -0.2) is 10.2 Å². The Morgan fingerprint density at radius 1 is 1.29 bits per heavy atom. The summed E-state index contributed by atoms with van der Waals surface area (Å²) in [6.45, 7) is 2.41. The molecule has 1 heterocycles. The normalized spacial score (nSPS) is 10.3. The van der Waals surface area contributed by atoms with E-state index < -0.39 is 5.82 Å². The van der Waals surface area contributed by atoms with Crippen LogP contribution in [-0.2, 0) is 0 Å². The summed E-state index contributed by atoms with van der Waals surface area (Å²) in [4.78, 5) is 12.0. The van der Waals surface area contributed by atoms with Crippen LogP contribution >= 0.6 is 15.9 Å². The number of benzene rings is 1. The molecule has 0 unspecified atom stereocenters. The molecule has 0 aliphatic heterocycles. The van der Waals surface area contributed by atoms with Crippen molar-refractivity contribution in [1.29, 1.82) is 0 Å². The number of hydrogen-bond acceptors (Lipinski definition) is 7. The standard InChI is InChI=1S/C12H14BrFN6O/c1-2-5-21-12-18-10(17-11(19-12)20-15)16-9-6-7(13)3-4-8(9)14/h3-4,6H,2,5,15H2,1H3,(H2,16,17,18,19,20). The van der Waals surface area contributed by atoms with E-state index in [0.717, 1.165) is 10.9 Å². The zero-order valence-electron chi connectivity index (χ0n) is 11.2. The molecule has 0 bridgehead atoms. The third-order valence-electron chi connectivity index (χ3n) is 2.35. The number of nitrogens with zero attached hydrogens (tertiary/aromatic N) is 3. The average molecular weight is 357 g/mol. The molecule has 0 saturated carbocycles. The topological polar surface area (TPSA) is 98.0 Å². The molecule has 2 rings (SSSR count). The SMILES string of the molecule is CCCOc1nc(NN)nc(Nc2cc(Br)ccc2F)n1. The molecule has 0 radical (unpaired) electrons. The average Bonchev–Trinajstić information content (AvgIpc) is 2.48. The number of hydrazine groups is 1. The molecule has 4 N–H and O–H groups in total. The van der Waals surface area contributed by atoms with Crippen molar-refractivity contribution in [2.24, 2.45) is 5.84 Å². The summed E-state index contributed by atoms with van der Waals surface area (Å²) < 4.78 is 19.8. The van der Waals surface area contributed by atoms with Crippen molar-refractivity contribution in [2.75, 3.05) is 17.3 Å². The molecule has 0 spiro atoms. The van der Waals surface area contributed by atoms with Gasteiger partial charge in [-0.1, -0.05) is 22.9 Å². The molecule has 7 nitrogen and oxygen atoms in total. The zero-order valence-corrected chi connectivity index (χ0v) is 12.8. The van der Waals surface area contributed by atoms with Gasteiger partial charge in [0.25, 0.3) is 0 Å². The summed E-state index contributed by atoms with van der Waals surface area (Å²) >= 11 is 3.27. The molecule has 9 heteroatoms. The number of anilines is 3. The van der Waals surface area contributed by atoms with Crippen LogP contribution in [0.5, 0.6) is 6.01 Å². The van der Waals surface area contributed by atoms with Gasteiger partial charge in [0.05, 0.1) is 12.3 Å². The molecule has 0 aliphatic carbocycles. The molecular weight excluding hydrogens is 343 g/mol. The Bertz CT molecular complexity index is 627. The van der Waals surface area contributed by atoms with E-state index in [-0.39, 0.29) is 23.6 Å². The van der Waals surface area contributed by atoms with E-state index in [2.05, 4.69) is 41.6 Å². The second-order valence-electron chi connectivity index (χ2n) is 4.01. The van der Waals surface area contributed by atoms with Gasteiger partial charge in [-0.2, -0.15) is 15.0 Å². The summed E-state index contributed by atoms with van der Waals surface area (Å²) in [5.74, 6) is 5.11. The van der Waals surface area contributed by atoms with Crippen molar-refractivity contribution in [1.82, 2.24) is 15.0 Å². The highest BCUT2D eigenvalue weighted by Gasteiger charge is 2.09. The Morgan fingerprint density at radius 2 is 2.05 bits per heavy atom. The number of nitrogens with two attached hydrogens (primary N) is 1. The number of rotatable bonds is 6. The van der Waals surface area contributed by atoms with Crippen molar-refractivity contribution in [3.05, 3.63) is 28.5 Å². The highest BCUT2D eigenvalue weighted by Crippen LogP contribution is 2.23. The highest BCUT2D eigenvalue weighted by atomic mass is 79.9. The van der Waals surface area contributed by atoms with Crippen LogP contribution < -0.4 is 21.3 Å². The first-order valence-corrected chi connectivity index (χ1v) is 6.99. The Balaban J connectivity index is 2.27. The molecule has 21 heavy (non-hydrogen) atoms. The molecular formula is C12H14BrFN6O. The van der Waals surface area contributed by atoms with Crippen LogP contribution in [-0.4, -0.2) is 21.6 Å². The number of hydrogen-bond donors (Lipinski definition) is 3. The summed E-state index contributed by atoms with van der Waals surface area (Å²) in [7, 11) is 0. The Hall–Kier alpha value is -2.00. The van der Waals surface area contributed by atoms with Gasteiger partial charge in [0, 0.05) is 4.47 Å². The van der Waals surface area contributed by atoms with Crippen LogP contribution in [0.15, 0.2) is 22.7 Å². The lowest BCUT2D eigenvalue weighted by molar-refractivity contribution is 0.292. The number of nitrogens with one attached hydrogen (secondary N) is 2. The molecule has 1 aromatic heterocycles. The molecule has 2 aromatic rings. The van der Waals surface area contributed by atoms with E-state index in [1.54, 1.807) is 12.1 Å². The lowest BCUT2D eigenvalue weighted by Crippen LogP contribution is -2.14. The Labute approximate surface area is 129 Å². The maximum Gasteiger partial charge on any atom is 0.323 e. The number of halogens is 2. The fourth-order valence-electron chi connectivity index (χ4n) is 1.45. The van der Waals surface area contributed by atoms with Crippen LogP contribution in [0.1, 0.15) is 13.3 Å². The third-order valence-corrected chi connectivity index (χ3v) is 2.85. The largest absolute Gasteiger partial charge is 0.463 e. The minimum absolute atomic E-state index is 0.109. The van der Waals surface area contributed by atoms with E-state index in [9.17, 15) is 4.39 Å². The van der Waals surface area contributed by atoms with Gasteiger partial charge in [-0.15, -0.1) is 0 Å². The van der Waals surface area contributed by atoms with E-state index in [1.807, 2.05) is 6.92 Å². The van der Waals surface area contributed by atoms with Crippen molar-refractivity contribution in [3.8, 4) is 6.01 Å². The van der Waals surface area contributed by atoms with Gasteiger partial charge in [-0.3, -0.25) is 5.43 Å². The van der Waals surface area contributed by atoms with Crippen molar-refractivity contribution < 1.29 is 9.13 Å². The first-order chi connectivity index (χ1) is 10.1. The molecule has 0 fully saturated rings. The highest BCUT2D eigenvalue weighted by molar-refractivity contribution is 9.10. The fraction of sp³-hybridized carbons (Fsp3) is 0.250. The lowest BCUT2D eigenvalue weighted by Gasteiger charge is -2.09. The first kappa shape index (κ1) is 15.4. The summed E-state index contributed by atoms with van der Waals surface area (Å²) in [5, 5.41) is 2.76. The van der Waals surface area contributed by atoms with Gasteiger partial charge < -0.3 is 10.1 Å². The van der Waals surface area contributed by atoms with Crippen LogP contribution in [0.2, 0.25) is 0 Å². The lowest BCUT2D eigenvalue weighted by atomic mass is 10.3. The zero-order chi connectivity index (χ0) is 15.2. The fourth-order valence-corrected chi connectivity index (χ4v) is 1.81. The first-order valence-electron chi connectivity index (χ1n) is 6.20. The predicted molar refractivity (Wildman–Crippen MR) is 80.8 cm³/mol. The van der Waals surface area contributed by atoms with Crippen molar-refractivity contribution in [2.45, 2.75) is 13.3 Å².